The number of ether oxygens (including phenoxy) is 3. The van der Waals surface area contributed by atoms with Gasteiger partial charge < -0.3 is 19.9 Å². The third-order valence-electron chi connectivity index (χ3n) is 6.00. The molecule has 0 aliphatic rings. The number of hydrogen-bond donors (Lipinski definition) is 1. The summed E-state index contributed by atoms with van der Waals surface area (Å²) in [6.07, 6.45) is -1.90. The van der Waals surface area contributed by atoms with Crippen molar-refractivity contribution < 1.29 is 41.8 Å². The van der Waals surface area contributed by atoms with Gasteiger partial charge >= 0.3 is 20.2 Å². The SMILES string of the molecule is CO[C@](CF)(CO[P+](=O)Oc1ccccc1)[C@@H](OC(=O)C(C)C)[C@@H](OC(=O)C(C)C)c1ccc2c(N)ncnn12. The second-order valence-electron chi connectivity index (χ2n) is 9.53. The minimum atomic E-state index is -2.80. The molecular formula is C26H33FN4O8P+. The molecule has 0 aliphatic heterocycles. The van der Waals surface area contributed by atoms with E-state index >= 15 is 4.39 Å². The molecule has 216 valence electrons. The highest BCUT2D eigenvalue weighted by molar-refractivity contribution is 7.33. The molecule has 0 spiro atoms. The predicted octanol–water partition coefficient (Wildman–Crippen LogP) is 4.23. The number of anilines is 1. The summed E-state index contributed by atoms with van der Waals surface area (Å²) in [5.41, 5.74) is 4.45. The van der Waals surface area contributed by atoms with Gasteiger partial charge in [0.1, 0.15) is 25.1 Å². The number of carbonyl (C=O) groups excluding carboxylic acids is 2. The van der Waals surface area contributed by atoms with E-state index in [4.69, 9.17) is 29.0 Å². The van der Waals surface area contributed by atoms with E-state index in [-0.39, 0.29) is 17.3 Å². The van der Waals surface area contributed by atoms with E-state index in [1.54, 1.807) is 64.1 Å². The number of para-hydroxylation sites is 1. The molecule has 14 heteroatoms. The normalized spacial score (nSPS) is 14.9. The van der Waals surface area contributed by atoms with Gasteiger partial charge in [-0.1, -0.05) is 45.9 Å². The summed E-state index contributed by atoms with van der Waals surface area (Å²) >= 11 is 0. The number of nitrogen functional groups attached to an aromatic ring is 1. The van der Waals surface area contributed by atoms with Crippen LogP contribution in [-0.4, -0.2) is 58.6 Å². The Labute approximate surface area is 231 Å². The Kier molecular flexibility index (Phi) is 10.5. The number of rotatable bonds is 14. The Morgan fingerprint density at radius 3 is 2.30 bits per heavy atom. The standard InChI is InChI=1S/C26H33FN4O8P/c1-16(2)24(32)37-21(19-11-12-20-23(28)29-15-30-31(19)20)22(38-25(33)17(3)4)26(13-27,35-5)14-36-40(34)39-18-9-7-6-8-10-18/h6-12,15-17,21-22H,13-14H2,1-5H3,(H2,28,29,30)/q+1/t21-,22-,26+/m0/s1. The molecule has 12 nitrogen and oxygen atoms in total. The number of alkyl halides is 1. The summed E-state index contributed by atoms with van der Waals surface area (Å²) in [7, 11) is -1.63. The Balaban J connectivity index is 2.08. The number of hydrogen-bond acceptors (Lipinski definition) is 11. The number of nitrogens with zero attached hydrogens (tertiary/aromatic N) is 3. The maximum absolute atomic E-state index is 15.0. The molecule has 0 saturated heterocycles. The molecule has 0 saturated carbocycles. The fraction of sp³-hybridized carbons (Fsp3) is 0.462. The summed E-state index contributed by atoms with van der Waals surface area (Å²) in [4.78, 5) is 29.7. The first-order chi connectivity index (χ1) is 19.0. The molecular weight excluding hydrogens is 546 g/mol. The first-order valence-electron chi connectivity index (χ1n) is 12.5. The lowest BCUT2D eigenvalue weighted by molar-refractivity contribution is -0.211. The third-order valence-corrected chi connectivity index (χ3v) is 6.70. The summed E-state index contributed by atoms with van der Waals surface area (Å²) in [6, 6.07) is 11.3. The van der Waals surface area contributed by atoms with Gasteiger partial charge in [-0.3, -0.25) is 9.59 Å². The van der Waals surface area contributed by atoms with Crippen LogP contribution in [0.3, 0.4) is 0 Å². The maximum Gasteiger partial charge on any atom is 0.750 e. The highest BCUT2D eigenvalue weighted by Crippen LogP contribution is 2.38. The lowest BCUT2D eigenvalue weighted by Crippen LogP contribution is -2.55. The molecule has 0 radical (unpaired) electrons. The van der Waals surface area contributed by atoms with Crippen molar-refractivity contribution >= 4 is 31.5 Å². The van der Waals surface area contributed by atoms with Crippen molar-refractivity contribution in [2.24, 2.45) is 11.8 Å². The van der Waals surface area contributed by atoms with Crippen LogP contribution in [-0.2, 0) is 32.9 Å². The van der Waals surface area contributed by atoms with E-state index in [1.165, 1.54) is 24.0 Å². The van der Waals surface area contributed by atoms with Gasteiger partial charge in [0, 0.05) is 11.7 Å². The number of aromatic nitrogens is 3. The van der Waals surface area contributed by atoms with E-state index < -0.39 is 63.1 Å². The molecule has 40 heavy (non-hydrogen) atoms. The number of fused-ring (bicyclic) bond motifs is 1. The van der Waals surface area contributed by atoms with Crippen LogP contribution < -0.4 is 10.3 Å². The Bertz CT molecular complexity index is 1320. The first kappa shape index (κ1) is 30.9. The topological polar surface area (TPSA) is 154 Å². The van der Waals surface area contributed by atoms with Crippen LogP contribution >= 0.6 is 8.25 Å². The van der Waals surface area contributed by atoms with Crippen molar-refractivity contribution in [3.63, 3.8) is 0 Å². The van der Waals surface area contributed by atoms with Gasteiger partial charge in [0.25, 0.3) is 0 Å². The predicted molar refractivity (Wildman–Crippen MR) is 142 cm³/mol. The number of nitrogens with two attached hydrogens (primary N) is 1. The molecule has 4 atom stereocenters. The Hall–Kier alpha value is -3.67. The summed E-state index contributed by atoms with van der Waals surface area (Å²) in [5, 5.41) is 4.19. The summed E-state index contributed by atoms with van der Waals surface area (Å²) < 4.78 is 56.8. The molecule has 2 heterocycles. The van der Waals surface area contributed by atoms with Gasteiger partial charge in [-0.2, -0.15) is 5.10 Å². The maximum atomic E-state index is 15.0. The van der Waals surface area contributed by atoms with Crippen LogP contribution in [0.25, 0.3) is 5.52 Å². The van der Waals surface area contributed by atoms with Crippen LogP contribution in [0.5, 0.6) is 5.75 Å². The van der Waals surface area contributed by atoms with E-state index in [1.807, 2.05) is 0 Å². The second kappa shape index (κ2) is 13.6. The molecule has 3 rings (SSSR count). The zero-order valence-corrected chi connectivity index (χ0v) is 23.7. The smallest absolute Gasteiger partial charge is 0.454 e. The molecule has 0 bridgehead atoms. The second-order valence-corrected chi connectivity index (χ2v) is 10.4. The van der Waals surface area contributed by atoms with Crippen molar-refractivity contribution in [3.05, 3.63) is 54.5 Å². The average Bonchev–Trinajstić information content (AvgIpc) is 3.37. The molecule has 2 aromatic heterocycles. The minimum Gasteiger partial charge on any atom is -0.454 e. The number of carbonyl (C=O) groups is 2. The van der Waals surface area contributed by atoms with E-state index in [0.29, 0.717) is 5.52 Å². The van der Waals surface area contributed by atoms with Crippen LogP contribution in [0.4, 0.5) is 10.2 Å². The fourth-order valence-corrected chi connectivity index (χ4v) is 4.29. The van der Waals surface area contributed by atoms with Crippen molar-refractivity contribution in [1.82, 2.24) is 14.6 Å². The van der Waals surface area contributed by atoms with Crippen molar-refractivity contribution in [1.29, 1.82) is 0 Å². The minimum absolute atomic E-state index is 0.132. The average molecular weight is 580 g/mol. The van der Waals surface area contributed by atoms with Gasteiger partial charge in [0.2, 0.25) is 0 Å². The molecule has 0 aliphatic carbocycles. The lowest BCUT2D eigenvalue weighted by Gasteiger charge is -2.39. The lowest BCUT2D eigenvalue weighted by atomic mass is 9.91. The summed E-state index contributed by atoms with van der Waals surface area (Å²) in [6.45, 7) is 4.40. The number of esters is 2. The van der Waals surface area contributed by atoms with Gasteiger partial charge in [0.15, 0.2) is 29.4 Å². The van der Waals surface area contributed by atoms with Crippen molar-refractivity contribution in [3.8, 4) is 5.75 Å². The number of halogens is 1. The van der Waals surface area contributed by atoms with Gasteiger partial charge in [-0.05, 0) is 24.3 Å². The van der Waals surface area contributed by atoms with Gasteiger partial charge in [-0.25, -0.2) is 18.4 Å². The van der Waals surface area contributed by atoms with Crippen LogP contribution in [0.2, 0.25) is 0 Å². The largest absolute Gasteiger partial charge is 0.750 e. The molecule has 1 unspecified atom stereocenters. The zero-order chi connectivity index (χ0) is 29.4. The molecule has 1 aromatic carbocycles. The number of methoxy groups -OCH3 is 1. The van der Waals surface area contributed by atoms with Gasteiger partial charge in [-0.15, -0.1) is 4.52 Å². The van der Waals surface area contributed by atoms with Crippen LogP contribution in [0.15, 0.2) is 48.8 Å². The van der Waals surface area contributed by atoms with Crippen LogP contribution in [0, 0.1) is 11.8 Å². The first-order valence-corrected chi connectivity index (χ1v) is 13.6. The molecule has 0 fully saturated rings. The Morgan fingerprint density at radius 1 is 1.05 bits per heavy atom. The quantitative estimate of drug-likeness (QED) is 0.216. The van der Waals surface area contributed by atoms with E-state index in [2.05, 4.69) is 10.1 Å². The monoisotopic (exact) mass is 579 g/mol. The van der Waals surface area contributed by atoms with Gasteiger partial charge in [0.05, 0.1) is 17.5 Å². The molecule has 3 aromatic rings. The fourth-order valence-electron chi connectivity index (χ4n) is 3.62. The molecule has 2 N–H and O–H groups in total. The van der Waals surface area contributed by atoms with E-state index in [9.17, 15) is 14.2 Å². The highest BCUT2D eigenvalue weighted by Gasteiger charge is 2.52. The highest BCUT2D eigenvalue weighted by atomic mass is 31.1. The zero-order valence-electron chi connectivity index (χ0n) is 22.9. The van der Waals surface area contributed by atoms with Crippen molar-refractivity contribution in [2.75, 3.05) is 26.1 Å². The summed E-state index contributed by atoms with van der Waals surface area (Å²) in [5.74, 6) is -2.24. The number of benzene rings is 1. The van der Waals surface area contributed by atoms with E-state index in [0.717, 1.165) is 0 Å². The van der Waals surface area contributed by atoms with Crippen LogP contribution in [0.1, 0.15) is 39.5 Å². The van der Waals surface area contributed by atoms with Crippen molar-refractivity contribution in [2.45, 2.75) is 45.5 Å². The molecule has 0 amide bonds. The Morgan fingerprint density at radius 2 is 1.70 bits per heavy atom. The third kappa shape index (κ3) is 7.09.